The first kappa shape index (κ1) is 15.6. The summed E-state index contributed by atoms with van der Waals surface area (Å²) in [6, 6.07) is 10.1. The summed E-state index contributed by atoms with van der Waals surface area (Å²) in [7, 11) is 1.66. The molecule has 0 unspecified atom stereocenters. The molecule has 0 fully saturated rings. The number of para-hydroxylation sites is 1. The maximum atomic E-state index is 5.87. The monoisotopic (exact) mass is 313 g/mol. The van der Waals surface area contributed by atoms with Crippen molar-refractivity contribution in [2.24, 2.45) is 0 Å². The van der Waals surface area contributed by atoms with Gasteiger partial charge in [0.2, 0.25) is 0 Å². The minimum Gasteiger partial charge on any atom is -0.493 e. The molecule has 23 heavy (non-hydrogen) atoms. The first-order valence-electron chi connectivity index (χ1n) is 7.94. The molecule has 0 amide bonds. The van der Waals surface area contributed by atoms with Crippen LogP contribution in [0.25, 0.3) is 11.0 Å². The highest BCUT2D eigenvalue weighted by Gasteiger charge is 2.08. The number of nitrogens with zero attached hydrogens (tertiary/aromatic N) is 2. The molecular weight excluding hydrogens is 290 g/mol. The summed E-state index contributed by atoms with van der Waals surface area (Å²) in [6.07, 6.45) is 1.03. The third-order valence-electron chi connectivity index (χ3n) is 3.90. The van der Waals surface area contributed by atoms with Gasteiger partial charge in [0, 0.05) is 17.6 Å². The summed E-state index contributed by atoms with van der Waals surface area (Å²) in [5.41, 5.74) is 3.10. The van der Waals surface area contributed by atoms with E-state index in [2.05, 4.69) is 34.2 Å². The predicted molar refractivity (Wildman–Crippen MR) is 90.8 cm³/mol. The highest BCUT2D eigenvalue weighted by molar-refractivity contribution is 5.83. The number of ether oxygens (including phenoxy) is 1. The van der Waals surface area contributed by atoms with E-state index in [4.69, 9.17) is 9.15 Å². The van der Waals surface area contributed by atoms with Gasteiger partial charge in [-0.25, -0.2) is 0 Å². The van der Waals surface area contributed by atoms with E-state index in [-0.39, 0.29) is 0 Å². The molecule has 2 aromatic heterocycles. The molecule has 0 aliphatic rings. The summed E-state index contributed by atoms with van der Waals surface area (Å²) in [6.45, 7) is 6.69. The number of aryl methyl sites for hydroxylation is 3. The quantitative estimate of drug-likeness (QED) is 0.679. The topological polar surface area (TPSA) is 52.2 Å². The maximum Gasteiger partial charge on any atom is 0.176 e. The zero-order valence-corrected chi connectivity index (χ0v) is 13.9. The van der Waals surface area contributed by atoms with Crippen LogP contribution in [0.1, 0.15) is 23.6 Å². The highest BCUT2D eigenvalue weighted by atomic mass is 16.5. The van der Waals surface area contributed by atoms with Gasteiger partial charge < -0.3 is 14.5 Å². The Labute approximate surface area is 136 Å². The smallest absolute Gasteiger partial charge is 0.176 e. The van der Waals surface area contributed by atoms with Gasteiger partial charge in [-0.15, -0.1) is 0 Å². The van der Waals surface area contributed by atoms with E-state index in [1.165, 1.54) is 5.69 Å². The van der Waals surface area contributed by atoms with E-state index >= 15 is 0 Å². The van der Waals surface area contributed by atoms with Crippen LogP contribution >= 0.6 is 0 Å². The molecule has 0 radical (unpaired) electrons. The predicted octanol–water partition coefficient (Wildman–Crippen LogP) is 3.43. The van der Waals surface area contributed by atoms with Crippen molar-refractivity contribution in [1.29, 1.82) is 0 Å². The molecule has 1 N–H and O–H groups in total. The van der Waals surface area contributed by atoms with Crippen molar-refractivity contribution in [1.82, 2.24) is 15.1 Å². The molecule has 0 aliphatic carbocycles. The van der Waals surface area contributed by atoms with Gasteiger partial charge in [-0.1, -0.05) is 12.1 Å². The second-order valence-corrected chi connectivity index (χ2v) is 5.77. The van der Waals surface area contributed by atoms with Crippen LogP contribution < -0.4 is 10.1 Å². The summed E-state index contributed by atoms with van der Waals surface area (Å²) < 4.78 is 13.3. The number of methoxy groups -OCH3 is 1. The molecule has 5 nitrogen and oxygen atoms in total. The fourth-order valence-electron chi connectivity index (χ4n) is 2.80. The fraction of sp³-hybridized carbons (Fsp3) is 0.389. The van der Waals surface area contributed by atoms with E-state index in [0.717, 1.165) is 54.2 Å². The van der Waals surface area contributed by atoms with E-state index in [1.807, 2.05) is 25.1 Å². The molecule has 5 heteroatoms. The largest absolute Gasteiger partial charge is 0.493 e. The molecule has 2 heterocycles. The molecule has 0 atom stereocenters. The summed E-state index contributed by atoms with van der Waals surface area (Å²) in [5, 5.41) is 8.96. The average Bonchev–Trinajstić information content (AvgIpc) is 3.09. The van der Waals surface area contributed by atoms with Crippen LogP contribution in [0.2, 0.25) is 0 Å². The Hall–Kier alpha value is -2.27. The lowest BCUT2D eigenvalue weighted by Gasteiger charge is -2.05. The molecule has 122 valence electrons. The summed E-state index contributed by atoms with van der Waals surface area (Å²) >= 11 is 0. The van der Waals surface area contributed by atoms with Gasteiger partial charge in [0.25, 0.3) is 0 Å². The molecule has 0 bridgehead atoms. The number of benzene rings is 1. The fourth-order valence-corrected chi connectivity index (χ4v) is 2.80. The zero-order valence-electron chi connectivity index (χ0n) is 13.9. The number of hydrogen-bond donors (Lipinski definition) is 1. The average molecular weight is 313 g/mol. The van der Waals surface area contributed by atoms with Gasteiger partial charge in [0.15, 0.2) is 11.3 Å². The van der Waals surface area contributed by atoms with Crippen LogP contribution in [0, 0.1) is 13.8 Å². The molecular formula is C18H23N3O2. The Kier molecular flexibility index (Phi) is 4.67. The van der Waals surface area contributed by atoms with Gasteiger partial charge in [-0.2, -0.15) is 5.10 Å². The summed E-state index contributed by atoms with van der Waals surface area (Å²) in [5.74, 6) is 1.70. The Balaban J connectivity index is 1.50. The second-order valence-electron chi connectivity index (χ2n) is 5.77. The van der Waals surface area contributed by atoms with Crippen LogP contribution in [-0.2, 0) is 13.1 Å². The number of aromatic nitrogens is 2. The van der Waals surface area contributed by atoms with Crippen molar-refractivity contribution < 1.29 is 9.15 Å². The van der Waals surface area contributed by atoms with Gasteiger partial charge in [0.05, 0.1) is 19.3 Å². The van der Waals surface area contributed by atoms with Crippen LogP contribution in [0.3, 0.4) is 0 Å². The lowest BCUT2D eigenvalue weighted by atomic mass is 10.2. The Morgan fingerprint density at radius 3 is 2.87 bits per heavy atom. The Morgan fingerprint density at radius 1 is 1.26 bits per heavy atom. The van der Waals surface area contributed by atoms with Gasteiger partial charge in [-0.3, -0.25) is 4.68 Å². The number of nitrogens with one attached hydrogen (secondary N) is 1. The third-order valence-corrected chi connectivity index (χ3v) is 3.90. The minimum absolute atomic E-state index is 0.717. The number of fused-ring (bicyclic) bond motifs is 1. The Morgan fingerprint density at radius 2 is 2.13 bits per heavy atom. The molecule has 0 saturated heterocycles. The van der Waals surface area contributed by atoms with Crippen molar-refractivity contribution in [3.05, 3.63) is 47.5 Å². The SMILES string of the molecule is COc1cccc2cc(CNCCCn3nc(C)cc3C)oc12. The molecule has 3 rings (SSSR count). The standard InChI is InChI=1S/C18H23N3O2/c1-13-10-14(2)21(20-13)9-5-8-19-12-16-11-15-6-4-7-17(22-3)18(15)23-16/h4,6-7,10-11,19H,5,8-9,12H2,1-3H3. The zero-order chi connectivity index (χ0) is 16.2. The van der Waals surface area contributed by atoms with Crippen LogP contribution in [-0.4, -0.2) is 23.4 Å². The van der Waals surface area contributed by atoms with Crippen LogP contribution in [0.4, 0.5) is 0 Å². The molecule has 0 saturated carbocycles. The first-order chi connectivity index (χ1) is 11.2. The molecule has 3 aromatic rings. The van der Waals surface area contributed by atoms with Crippen molar-refractivity contribution >= 4 is 11.0 Å². The van der Waals surface area contributed by atoms with E-state index in [1.54, 1.807) is 7.11 Å². The van der Waals surface area contributed by atoms with Crippen molar-refractivity contribution in [2.45, 2.75) is 33.4 Å². The first-order valence-corrected chi connectivity index (χ1v) is 7.94. The Bertz CT molecular complexity index is 789. The molecule has 1 aromatic carbocycles. The van der Waals surface area contributed by atoms with Gasteiger partial charge in [-0.05, 0) is 45.0 Å². The van der Waals surface area contributed by atoms with Crippen molar-refractivity contribution in [3.63, 3.8) is 0 Å². The molecule has 0 spiro atoms. The summed E-state index contributed by atoms with van der Waals surface area (Å²) in [4.78, 5) is 0. The number of hydrogen-bond acceptors (Lipinski definition) is 4. The number of furan rings is 1. The lowest BCUT2D eigenvalue weighted by Crippen LogP contribution is -2.16. The number of rotatable bonds is 7. The van der Waals surface area contributed by atoms with E-state index in [0.29, 0.717) is 0 Å². The van der Waals surface area contributed by atoms with Crippen molar-refractivity contribution in [3.8, 4) is 5.75 Å². The van der Waals surface area contributed by atoms with Gasteiger partial charge >= 0.3 is 0 Å². The van der Waals surface area contributed by atoms with Gasteiger partial charge in [0.1, 0.15) is 5.76 Å². The maximum absolute atomic E-state index is 5.87. The lowest BCUT2D eigenvalue weighted by molar-refractivity contribution is 0.406. The van der Waals surface area contributed by atoms with E-state index in [9.17, 15) is 0 Å². The van der Waals surface area contributed by atoms with E-state index < -0.39 is 0 Å². The van der Waals surface area contributed by atoms with Crippen LogP contribution in [0.5, 0.6) is 5.75 Å². The normalized spacial score (nSPS) is 11.3. The van der Waals surface area contributed by atoms with Crippen molar-refractivity contribution in [2.75, 3.05) is 13.7 Å². The second kappa shape index (κ2) is 6.87. The third kappa shape index (κ3) is 3.56. The molecule has 0 aliphatic heterocycles. The van der Waals surface area contributed by atoms with Crippen LogP contribution in [0.15, 0.2) is 34.7 Å². The highest BCUT2D eigenvalue weighted by Crippen LogP contribution is 2.28. The minimum atomic E-state index is 0.717.